The quantitative estimate of drug-likeness (QED) is 0.485. The second-order valence-corrected chi connectivity index (χ2v) is 6.07. The number of nitrogens with one attached hydrogen (secondary N) is 2. The van der Waals surface area contributed by atoms with Gasteiger partial charge in [0.15, 0.2) is 0 Å². The van der Waals surface area contributed by atoms with E-state index in [-0.39, 0.29) is 6.90 Å². The Bertz CT molecular complexity index is 1120. The summed E-state index contributed by atoms with van der Waals surface area (Å²) < 4.78 is 7.86. The smallest absolute Gasteiger partial charge is 0.229 e. The van der Waals surface area contributed by atoms with Crippen LogP contribution in [0.15, 0.2) is 54.7 Å². The van der Waals surface area contributed by atoms with E-state index in [9.17, 15) is 0 Å². The summed E-state index contributed by atoms with van der Waals surface area (Å²) in [7, 11) is 0. The second-order valence-electron chi connectivity index (χ2n) is 6.07. The number of allylic oxidation sites excluding steroid dienone is 1. The second kappa shape index (κ2) is 8.53. The van der Waals surface area contributed by atoms with Crippen molar-refractivity contribution < 1.29 is 1.37 Å². The molecule has 3 aromatic rings. The van der Waals surface area contributed by atoms with Crippen molar-refractivity contribution in [2.24, 2.45) is 0 Å². The van der Waals surface area contributed by atoms with Gasteiger partial charge in [0.25, 0.3) is 0 Å². The summed E-state index contributed by atoms with van der Waals surface area (Å²) in [6.45, 7) is 2.06. The largest absolute Gasteiger partial charge is 0.340 e. The molecular formula is C23H19N5. The van der Waals surface area contributed by atoms with Gasteiger partial charge in [-0.15, -0.1) is 6.42 Å². The minimum atomic E-state index is 0.106. The van der Waals surface area contributed by atoms with Crippen molar-refractivity contribution in [3.8, 4) is 18.4 Å². The van der Waals surface area contributed by atoms with Crippen LogP contribution in [0.25, 0.3) is 6.08 Å². The number of anilines is 4. The van der Waals surface area contributed by atoms with Crippen molar-refractivity contribution in [1.82, 2.24) is 9.97 Å². The zero-order valence-electron chi connectivity index (χ0n) is 16.4. The van der Waals surface area contributed by atoms with Crippen LogP contribution < -0.4 is 10.6 Å². The molecule has 0 bridgehead atoms. The standard InChI is InChI=1S/C23H19N5/c1-4-18-7-9-20(10-8-18)26-23-25-13-11-21(28-23)27-22-16(2)14-19(6-5-12-24)15-17(22)3/h1,5-11,13-15H,2-3H3,(H2,25,26,27,28)/b6-5+/i2D. The Balaban J connectivity index is 1.83. The maximum Gasteiger partial charge on any atom is 0.229 e. The molecule has 2 aromatic carbocycles. The zero-order valence-corrected chi connectivity index (χ0v) is 15.4. The Morgan fingerprint density at radius 3 is 2.64 bits per heavy atom. The van der Waals surface area contributed by atoms with Gasteiger partial charge in [-0.3, -0.25) is 0 Å². The number of rotatable bonds is 5. The predicted octanol–water partition coefficient (Wildman–Crippen LogP) is 5.10. The summed E-state index contributed by atoms with van der Waals surface area (Å²) in [4.78, 5) is 8.75. The summed E-state index contributed by atoms with van der Waals surface area (Å²) in [6.07, 6.45) is 10.2. The van der Waals surface area contributed by atoms with Gasteiger partial charge in [-0.25, -0.2) is 4.98 Å². The predicted molar refractivity (Wildman–Crippen MR) is 114 cm³/mol. The Morgan fingerprint density at radius 2 is 1.93 bits per heavy atom. The number of hydrogen-bond acceptors (Lipinski definition) is 5. The summed E-state index contributed by atoms with van der Waals surface area (Å²) in [6, 6.07) is 15.0. The highest BCUT2D eigenvalue weighted by Gasteiger charge is 2.07. The molecular weight excluding hydrogens is 346 g/mol. The van der Waals surface area contributed by atoms with Crippen LogP contribution in [-0.4, -0.2) is 9.97 Å². The maximum absolute atomic E-state index is 8.72. The number of terminal acetylenes is 1. The van der Waals surface area contributed by atoms with Crippen LogP contribution in [0.3, 0.4) is 0 Å². The van der Waals surface area contributed by atoms with Crippen molar-refractivity contribution in [3.05, 3.63) is 77.0 Å². The van der Waals surface area contributed by atoms with Gasteiger partial charge in [0.2, 0.25) is 5.95 Å². The molecule has 0 spiro atoms. The van der Waals surface area contributed by atoms with Gasteiger partial charge in [0, 0.05) is 30.6 Å². The van der Waals surface area contributed by atoms with E-state index >= 15 is 0 Å². The van der Waals surface area contributed by atoms with Crippen molar-refractivity contribution in [2.45, 2.75) is 13.8 Å². The number of nitrogens with zero attached hydrogens (tertiary/aromatic N) is 3. The fourth-order valence-electron chi connectivity index (χ4n) is 2.69. The monoisotopic (exact) mass is 366 g/mol. The molecule has 1 aromatic heterocycles. The molecule has 0 fully saturated rings. The molecule has 0 radical (unpaired) electrons. The van der Waals surface area contributed by atoms with E-state index in [0.717, 1.165) is 33.6 Å². The highest BCUT2D eigenvalue weighted by molar-refractivity contribution is 5.69. The molecule has 0 saturated heterocycles. The minimum Gasteiger partial charge on any atom is -0.340 e. The third-order valence-electron chi connectivity index (χ3n) is 4.01. The fourth-order valence-corrected chi connectivity index (χ4v) is 2.69. The minimum absolute atomic E-state index is 0.106. The Kier molecular flexibility index (Phi) is 5.28. The topological polar surface area (TPSA) is 73.6 Å². The molecule has 5 heteroatoms. The maximum atomic E-state index is 8.72. The normalized spacial score (nSPS) is 10.8. The van der Waals surface area contributed by atoms with E-state index < -0.39 is 0 Å². The molecule has 5 nitrogen and oxygen atoms in total. The number of nitriles is 1. The average Bonchev–Trinajstić information content (AvgIpc) is 2.74. The lowest BCUT2D eigenvalue weighted by Crippen LogP contribution is -2.02. The van der Waals surface area contributed by atoms with Crippen molar-refractivity contribution in [3.63, 3.8) is 0 Å². The van der Waals surface area contributed by atoms with Crippen molar-refractivity contribution >= 4 is 29.2 Å². The van der Waals surface area contributed by atoms with Gasteiger partial charge in [-0.05, 0) is 79.1 Å². The first-order valence-corrected chi connectivity index (χ1v) is 8.55. The molecule has 0 amide bonds. The van der Waals surface area contributed by atoms with Gasteiger partial charge >= 0.3 is 0 Å². The lowest BCUT2D eigenvalue weighted by molar-refractivity contribution is 1.16. The van der Waals surface area contributed by atoms with E-state index in [0.29, 0.717) is 11.8 Å². The number of benzene rings is 2. The number of aryl methyl sites for hydroxylation is 2. The van der Waals surface area contributed by atoms with Gasteiger partial charge in [0.05, 0.1) is 6.07 Å². The van der Waals surface area contributed by atoms with Crippen molar-refractivity contribution in [1.29, 1.82) is 5.26 Å². The summed E-state index contributed by atoms with van der Waals surface area (Å²) in [5.74, 6) is 3.64. The van der Waals surface area contributed by atoms with Crippen LogP contribution in [-0.2, 0) is 0 Å². The fraction of sp³-hybridized carbons (Fsp3) is 0.0870. The molecule has 3 rings (SSSR count). The van der Waals surface area contributed by atoms with Gasteiger partial charge in [-0.2, -0.15) is 10.2 Å². The summed E-state index contributed by atoms with van der Waals surface area (Å²) in [5, 5.41) is 15.2. The van der Waals surface area contributed by atoms with Crippen LogP contribution in [0.5, 0.6) is 0 Å². The van der Waals surface area contributed by atoms with Crippen molar-refractivity contribution in [2.75, 3.05) is 10.6 Å². The zero-order chi connectivity index (χ0) is 20.6. The first kappa shape index (κ1) is 17.3. The van der Waals surface area contributed by atoms with Crippen LogP contribution in [0.1, 0.15) is 23.6 Å². The first-order chi connectivity index (χ1) is 14.1. The molecule has 0 atom stereocenters. The first-order valence-electron chi connectivity index (χ1n) is 9.26. The highest BCUT2D eigenvalue weighted by Crippen LogP contribution is 2.26. The lowest BCUT2D eigenvalue weighted by atomic mass is 10.0. The third kappa shape index (κ3) is 4.55. The van der Waals surface area contributed by atoms with E-state index in [1.54, 1.807) is 18.3 Å². The molecule has 0 aliphatic carbocycles. The van der Waals surface area contributed by atoms with Crippen LogP contribution >= 0.6 is 0 Å². The van der Waals surface area contributed by atoms with Crippen LogP contribution in [0.2, 0.25) is 0 Å². The Hall–Kier alpha value is -4.09. The highest BCUT2D eigenvalue weighted by atomic mass is 15.1. The summed E-state index contributed by atoms with van der Waals surface area (Å²) in [5.41, 5.74) is 5.14. The third-order valence-corrected chi connectivity index (χ3v) is 4.01. The molecule has 28 heavy (non-hydrogen) atoms. The summed E-state index contributed by atoms with van der Waals surface area (Å²) >= 11 is 0. The SMILES string of the molecule is [2H]Cc1cc(/C=C/C#N)cc(C)c1Nc1ccnc(Nc2ccc(C#C)cc2)n1. The van der Waals surface area contributed by atoms with Gasteiger partial charge in [0.1, 0.15) is 5.82 Å². The van der Waals surface area contributed by atoms with E-state index in [1.807, 2.05) is 49.4 Å². The average molecular weight is 366 g/mol. The molecule has 0 aliphatic rings. The van der Waals surface area contributed by atoms with E-state index in [1.165, 1.54) is 6.08 Å². The van der Waals surface area contributed by atoms with E-state index in [2.05, 4.69) is 26.5 Å². The Morgan fingerprint density at radius 1 is 1.14 bits per heavy atom. The molecule has 0 saturated carbocycles. The Labute approximate surface area is 166 Å². The molecule has 0 aliphatic heterocycles. The van der Waals surface area contributed by atoms with E-state index in [4.69, 9.17) is 13.1 Å². The lowest BCUT2D eigenvalue weighted by Gasteiger charge is -2.14. The van der Waals surface area contributed by atoms with Crippen LogP contribution in [0, 0.1) is 37.5 Å². The van der Waals surface area contributed by atoms with Gasteiger partial charge < -0.3 is 10.6 Å². The van der Waals surface area contributed by atoms with Gasteiger partial charge in [-0.1, -0.05) is 5.92 Å². The van der Waals surface area contributed by atoms with Crippen LogP contribution in [0.4, 0.5) is 23.1 Å². The molecule has 2 N–H and O–H groups in total. The molecule has 1 heterocycles. The molecule has 136 valence electrons. The molecule has 0 unspecified atom stereocenters. The number of aromatic nitrogens is 2. The number of hydrogen-bond donors (Lipinski definition) is 2.